The molecule has 0 unspecified atom stereocenters. The Kier molecular flexibility index (Phi) is 5.12. The molecular weight excluding hydrogens is 233 g/mol. The van der Waals surface area contributed by atoms with E-state index < -0.39 is 0 Å². The van der Waals surface area contributed by atoms with Crippen molar-refractivity contribution in [2.24, 2.45) is 0 Å². The smallest absolute Gasteiger partial charge is 0.224 e. The summed E-state index contributed by atoms with van der Waals surface area (Å²) in [6.07, 6.45) is 3.81. The molecule has 0 fully saturated rings. The highest BCUT2D eigenvalue weighted by Crippen LogP contribution is 2.23. The SMILES string of the molecule is CCCCN(CC)c1nc(Cl)ncc1Cl. The fraction of sp³-hybridized carbons (Fsp3) is 0.600. The van der Waals surface area contributed by atoms with E-state index in [0.29, 0.717) is 5.02 Å². The van der Waals surface area contributed by atoms with Crippen molar-refractivity contribution < 1.29 is 0 Å². The van der Waals surface area contributed by atoms with E-state index in [4.69, 9.17) is 23.2 Å². The molecule has 0 spiro atoms. The zero-order chi connectivity index (χ0) is 11.3. The molecule has 15 heavy (non-hydrogen) atoms. The average molecular weight is 248 g/mol. The van der Waals surface area contributed by atoms with Crippen LogP contribution >= 0.6 is 23.2 Å². The number of halogens is 2. The van der Waals surface area contributed by atoms with Gasteiger partial charge < -0.3 is 4.90 Å². The van der Waals surface area contributed by atoms with Gasteiger partial charge in [0.25, 0.3) is 0 Å². The second-order valence-corrected chi connectivity index (χ2v) is 3.99. The quantitative estimate of drug-likeness (QED) is 0.747. The molecule has 0 aliphatic rings. The third-order valence-corrected chi connectivity index (χ3v) is 2.61. The molecular formula is C10H15Cl2N3. The molecule has 0 N–H and O–H groups in total. The van der Waals surface area contributed by atoms with Gasteiger partial charge in [0.05, 0.1) is 6.20 Å². The molecule has 1 heterocycles. The lowest BCUT2D eigenvalue weighted by Crippen LogP contribution is -2.25. The van der Waals surface area contributed by atoms with E-state index in [-0.39, 0.29) is 5.28 Å². The van der Waals surface area contributed by atoms with Crippen LogP contribution in [-0.4, -0.2) is 23.1 Å². The molecule has 0 amide bonds. The molecule has 1 rings (SSSR count). The zero-order valence-corrected chi connectivity index (χ0v) is 10.5. The number of anilines is 1. The van der Waals surface area contributed by atoms with Crippen molar-refractivity contribution in [3.8, 4) is 0 Å². The number of aromatic nitrogens is 2. The summed E-state index contributed by atoms with van der Waals surface area (Å²) in [5, 5.41) is 0.793. The van der Waals surface area contributed by atoms with Crippen LogP contribution in [0, 0.1) is 0 Å². The summed E-state index contributed by atoms with van der Waals surface area (Å²) < 4.78 is 0. The first-order valence-corrected chi connectivity index (χ1v) is 5.87. The topological polar surface area (TPSA) is 29.0 Å². The molecule has 5 heteroatoms. The van der Waals surface area contributed by atoms with Crippen LogP contribution in [0.15, 0.2) is 6.20 Å². The summed E-state index contributed by atoms with van der Waals surface area (Å²) >= 11 is 11.8. The minimum Gasteiger partial charge on any atom is -0.356 e. The minimum absolute atomic E-state index is 0.240. The first kappa shape index (κ1) is 12.5. The van der Waals surface area contributed by atoms with Crippen molar-refractivity contribution in [3.05, 3.63) is 16.5 Å². The average Bonchev–Trinajstić information content (AvgIpc) is 2.24. The summed E-state index contributed by atoms with van der Waals surface area (Å²) in [7, 11) is 0. The summed E-state index contributed by atoms with van der Waals surface area (Å²) in [4.78, 5) is 10.1. The van der Waals surface area contributed by atoms with Crippen molar-refractivity contribution in [1.82, 2.24) is 9.97 Å². The Morgan fingerprint density at radius 1 is 1.33 bits per heavy atom. The van der Waals surface area contributed by atoms with Gasteiger partial charge >= 0.3 is 0 Å². The first-order valence-electron chi connectivity index (χ1n) is 5.12. The predicted molar refractivity (Wildman–Crippen MR) is 64.8 cm³/mol. The Labute approximate surface area is 100 Å². The Bertz CT molecular complexity index is 318. The molecule has 84 valence electrons. The Hall–Kier alpha value is -0.540. The van der Waals surface area contributed by atoms with Crippen LogP contribution in [0.1, 0.15) is 26.7 Å². The lowest BCUT2D eigenvalue weighted by molar-refractivity contribution is 0.723. The molecule has 0 atom stereocenters. The normalized spacial score (nSPS) is 10.4. The number of rotatable bonds is 5. The monoisotopic (exact) mass is 247 g/mol. The second-order valence-electron chi connectivity index (χ2n) is 3.24. The molecule has 0 saturated heterocycles. The Balaban J connectivity index is 2.85. The van der Waals surface area contributed by atoms with Crippen molar-refractivity contribution in [1.29, 1.82) is 0 Å². The third-order valence-electron chi connectivity index (χ3n) is 2.16. The fourth-order valence-corrected chi connectivity index (χ4v) is 1.66. The van der Waals surface area contributed by atoms with Crippen molar-refractivity contribution in [2.75, 3.05) is 18.0 Å². The van der Waals surface area contributed by atoms with E-state index in [1.54, 1.807) is 6.20 Å². The van der Waals surface area contributed by atoms with E-state index in [1.165, 1.54) is 0 Å². The molecule has 1 aromatic heterocycles. The highest BCUT2D eigenvalue weighted by molar-refractivity contribution is 6.33. The van der Waals surface area contributed by atoms with Crippen molar-refractivity contribution in [2.45, 2.75) is 26.7 Å². The van der Waals surface area contributed by atoms with Gasteiger partial charge in [-0.3, -0.25) is 0 Å². The van der Waals surface area contributed by atoms with E-state index in [2.05, 4.69) is 28.7 Å². The highest BCUT2D eigenvalue weighted by atomic mass is 35.5. The lowest BCUT2D eigenvalue weighted by atomic mass is 10.3. The van der Waals surface area contributed by atoms with E-state index in [1.807, 2.05) is 0 Å². The van der Waals surface area contributed by atoms with Gasteiger partial charge in [0, 0.05) is 13.1 Å². The maximum atomic E-state index is 6.02. The van der Waals surface area contributed by atoms with Crippen LogP contribution < -0.4 is 4.90 Å². The second kappa shape index (κ2) is 6.13. The van der Waals surface area contributed by atoms with Gasteiger partial charge in [-0.25, -0.2) is 4.98 Å². The van der Waals surface area contributed by atoms with Crippen molar-refractivity contribution in [3.63, 3.8) is 0 Å². The molecule has 0 aromatic carbocycles. The van der Waals surface area contributed by atoms with Crippen LogP contribution in [0.3, 0.4) is 0 Å². The van der Waals surface area contributed by atoms with Crippen LogP contribution in [0.4, 0.5) is 5.82 Å². The minimum atomic E-state index is 0.240. The van der Waals surface area contributed by atoms with Crippen LogP contribution in [0.25, 0.3) is 0 Å². The molecule has 0 saturated carbocycles. The van der Waals surface area contributed by atoms with Gasteiger partial charge in [-0.2, -0.15) is 4.98 Å². The summed E-state index contributed by atoms with van der Waals surface area (Å²) in [5.41, 5.74) is 0. The first-order chi connectivity index (χ1) is 7.19. The zero-order valence-electron chi connectivity index (χ0n) is 9.00. The van der Waals surface area contributed by atoms with Gasteiger partial charge in [0.2, 0.25) is 5.28 Å². The number of unbranched alkanes of at least 4 members (excludes halogenated alkanes) is 1. The van der Waals surface area contributed by atoms with Crippen LogP contribution in [0.5, 0.6) is 0 Å². The molecule has 1 aromatic rings. The van der Waals surface area contributed by atoms with Crippen LogP contribution in [0.2, 0.25) is 10.3 Å². The van der Waals surface area contributed by atoms with E-state index in [0.717, 1.165) is 31.7 Å². The standard InChI is InChI=1S/C10H15Cl2N3/c1-3-5-6-15(4-2)9-8(11)7-13-10(12)14-9/h7H,3-6H2,1-2H3. The Morgan fingerprint density at radius 3 is 2.67 bits per heavy atom. The van der Waals surface area contributed by atoms with Gasteiger partial charge in [0.15, 0.2) is 5.82 Å². The largest absolute Gasteiger partial charge is 0.356 e. The Morgan fingerprint density at radius 2 is 2.07 bits per heavy atom. The molecule has 0 aliphatic heterocycles. The number of hydrogen-bond donors (Lipinski definition) is 0. The predicted octanol–water partition coefficient (Wildman–Crippen LogP) is 3.41. The van der Waals surface area contributed by atoms with E-state index >= 15 is 0 Å². The number of hydrogen-bond acceptors (Lipinski definition) is 3. The van der Waals surface area contributed by atoms with Crippen molar-refractivity contribution >= 4 is 29.0 Å². The number of nitrogens with zero attached hydrogens (tertiary/aromatic N) is 3. The maximum absolute atomic E-state index is 6.02. The fourth-order valence-electron chi connectivity index (χ4n) is 1.32. The molecule has 0 radical (unpaired) electrons. The third kappa shape index (κ3) is 3.50. The van der Waals surface area contributed by atoms with Gasteiger partial charge in [-0.15, -0.1) is 0 Å². The van der Waals surface area contributed by atoms with Gasteiger partial charge in [-0.1, -0.05) is 24.9 Å². The summed E-state index contributed by atoms with van der Waals surface area (Å²) in [5.74, 6) is 0.729. The molecule has 0 aliphatic carbocycles. The van der Waals surface area contributed by atoms with Gasteiger partial charge in [0.1, 0.15) is 5.02 Å². The summed E-state index contributed by atoms with van der Waals surface area (Å²) in [6, 6.07) is 0. The van der Waals surface area contributed by atoms with Gasteiger partial charge in [-0.05, 0) is 24.9 Å². The van der Waals surface area contributed by atoms with Crippen LogP contribution in [-0.2, 0) is 0 Å². The van der Waals surface area contributed by atoms with E-state index in [9.17, 15) is 0 Å². The summed E-state index contributed by atoms with van der Waals surface area (Å²) in [6.45, 7) is 6.04. The maximum Gasteiger partial charge on any atom is 0.224 e. The molecule has 0 bridgehead atoms. The lowest BCUT2D eigenvalue weighted by Gasteiger charge is -2.22. The molecule has 3 nitrogen and oxygen atoms in total. The highest BCUT2D eigenvalue weighted by Gasteiger charge is 2.11.